The summed E-state index contributed by atoms with van der Waals surface area (Å²) in [6, 6.07) is 4.53. The third kappa shape index (κ3) is 2.98. The number of hydrogen-bond acceptors (Lipinski definition) is 2. The van der Waals surface area contributed by atoms with Gasteiger partial charge in [0.15, 0.2) is 0 Å². The van der Waals surface area contributed by atoms with Crippen LogP contribution in [0.25, 0.3) is 0 Å². The van der Waals surface area contributed by atoms with Crippen molar-refractivity contribution in [3.63, 3.8) is 0 Å². The van der Waals surface area contributed by atoms with Crippen molar-refractivity contribution in [2.75, 3.05) is 7.11 Å². The highest BCUT2D eigenvalue weighted by Gasteiger charge is 2.20. The largest absolute Gasteiger partial charge is 0.496 e. The molecule has 0 N–H and O–H groups in total. The fourth-order valence-corrected chi connectivity index (χ4v) is 3.86. The molecule has 1 atom stereocenters. The average Bonchev–Trinajstić information content (AvgIpc) is 2.35. The van der Waals surface area contributed by atoms with Crippen LogP contribution in [0.1, 0.15) is 43.7 Å². The van der Waals surface area contributed by atoms with Crippen molar-refractivity contribution >= 4 is 11.8 Å². The van der Waals surface area contributed by atoms with Crippen molar-refractivity contribution in [1.29, 1.82) is 0 Å². The van der Waals surface area contributed by atoms with Crippen molar-refractivity contribution in [1.82, 2.24) is 0 Å². The zero-order valence-corrected chi connectivity index (χ0v) is 11.9. The van der Waals surface area contributed by atoms with Crippen molar-refractivity contribution in [2.24, 2.45) is 0 Å². The standard InChI is InChI=1S/C15H22OS/c1-4-5-6-13-8-7-12-10-14(16-3)11(2)9-15(12)17-13/h9-10,13H,4-8H2,1-3H3. The third-order valence-corrected chi connectivity index (χ3v) is 4.93. The molecular weight excluding hydrogens is 228 g/mol. The number of methoxy groups -OCH3 is 1. The molecule has 1 heterocycles. The summed E-state index contributed by atoms with van der Waals surface area (Å²) in [5.41, 5.74) is 2.74. The summed E-state index contributed by atoms with van der Waals surface area (Å²) in [5, 5.41) is 0.829. The first-order valence-electron chi connectivity index (χ1n) is 6.58. The van der Waals surface area contributed by atoms with Gasteiger partial charge in [0.1, 0.15) is 5.75 Å². The van der Waals surface area contributed by atoms with Crippen LogP contribution in [0.3, 0.4) is 0 Å². The minimum Gasteiger partial charge on any atom is -0.496 e. The summed E-state index contributed by atoms with van der Waals surface area (Å²) in [6.45, 7) is 4.41. The molecule has 0 saturated heterocycles. The fourth-order valence-electron chi connectivity index (χ4n) is 2.42. The van der Waals surface area contributed by atoms with Crippen molar-refractivity contribution < 1.29 is 4.74 Å². The Bertz CT molecular complexity index is 387. The molecule has 94 valence electrons. The lowest BCUT2D eigenvalue weighted by Gasteiger charge is -2.25. The summed E-state index contributed by atoms with van der Waals surface area (Å²) in [6.07, 6.45) is 6.58. The Kier molecular flexibility index (Phi) is 4.38. The normalized spacial score (nSPS) is 18.9. The molecule has 1 nitrogen and oxygen atoms in total. The van der Waals surface area contributed by atoms with Crippen LogP contribution in [0.5, 0.6) is 5.75 Å². The number of fused-ring (bicyclic) bond motifs is 1. The van der Waals surface area contributed by atoms with Gasteiger partial charge in [-0.15, -0.1) is 11.8 Å². The van der Waals surface area contributed by atoms with Crippen LogP contribution in [-0.2, 0) is 6.42 Å². The van der Waals surface area contributed by atoms with Gasteiger partial charge in [-0.3, -0.25) is 0 Å². The molecule has 0 aromatic heterocycles. The van der Waals surface area contributed by atoms with E-state index in [1.807, 2.05) is 0 Å². The van der Waals surface area contributed by atoms with Gasteiger partial charge in [0, 0.05) is 10.1 Å². The van der Waals surface area contributed by atoms with Gasteiger partial charge in [0.05, 0.1) is 7.11 Å². The summed E-state index contributed by atoms with van der Waals surface area (Å²) in [7, 11) is 1.76. The number of benzene rings is 1. The number of thioether (sulfide) groups is 1. The van der Waals surface area contributed by atoms with E-state index in [0.717, 1.165) is 11.0 Å². The first kappa shape index (κ1) is 12.8. The number of rotatable bonds is 4. The van der Waals surface area contributed by atoms with Crippen LogP contribution in [0.2, 0.25) is 0 Å². The van der Waals surface area contributed by atoms with E-state index in [9.17, 15) is 0 Å². The lowest BCUT2D eigenvalue weighted by atomic mass is 10.0. The molecule has 1 unspecified atom stereocenters. The molecule has 1 aromatic rings. The molecule has 0 fully saturated rings. The fraction of sp³-hybridized carbons (Fsp3) is 0.600. The molecule has 2 heteroatoms. The predicted molar refractivity (Wildman–Crippen MR) is 75.2 cm³/mol. The average molecular weight is 250 g/mol. The van der Waals surface area contributed by atoms with E-state index in [1.54, 1.807) is 7.11 Å². The Morgan fingerprint density at radius 2 is 2.24 bits per heavy atom. The van der Waals surface area contributed by atoms with Gasteiger partial charge >= 0.3 is 0 Å². The van der Waals surface area contributed by atoms with Gasteiger partial charge in [-0.2, -0.15) is 0 Å². The predicted octanol–water partition coefficient (Wildman–Crippen LogP) is 4.60. The minimum absolute atomic E-state index is 0.829. The minimum atomic E-state index is 0.829. The van der Waals surface area contributed by atoms with Crippen LogP contribution in [0, 0.1) is 6.92 Å². The van der Waals surface area contributed by atoms with E-state index in [-0.39, 0.29) is 0 Å². The van der Waals surface area contributed by atoms with Gasteiger partial charge in [-0.25, -0.2) is 0 Å². The maximum Gasteiger partial charge on any atom is 0.122 e. The molecule has 0 bridgehead atoms. The summed E-state index contributed by atoms with van der Waals surface area (Å²) < 4.78 is 5.39. The summed E-state index contributed by atoms with van der Waals surface area (Å²) >= 11 is 2.07. The van der Waals surface area contributed by atoms with Gasteiger partial charge in [0.25, 0.3) is 0 Å². The highest BCUT2D eigenvalue weighted by atomic mass is 32.2. The van der Waals surface area contributed by atoms with Crippen LogP contribution >= 0.6 is 11.8 Å². The molecule has 17 heavy (non-hydrogen) atoms. The highest BCUT2D eigenvalue weighted by Crippen LogP contribution is 2.40. The van der Waals surface area contributed by atoms with Gasteiger partial charge in [-0.05, 0) is 49.4 Å². The molecule has 1 aromatic carbocycles. The molecule has 0 aliphatic carbocycles. The molecular formula is C15H22OS. The van der Waals surface area contributed by atoms with E-state index in [4.69, 9.17) is 4.74 Å². The van der Waals surface area contributed by atoms with Crippen molar-refractivity contribution in [3.05, 3.63) is 23.3 Å². The van der Waals surface area contributed by atoms with Crippen LogP contribution in [0.15, 0.2) is 17.0 Å². The number of aryl methyl sites for hydroxylation is 2. The van der Waals surface area contributed by atoms with Gasteiger partial charge in [-0.1, -0.05) is 19.8 Å². The smallest absolute Gasteiger partial charge is 0.122 e. The molecule has 1 aliphatic rings. The van der Waals surface area contributed by atoms with Crippen LogP contribution < -0.4 is 4.74 Å². The maximum absolute atomic E-state index is 5.39. The zero-order valence-electron chi connectivity index (χ0n) is 11.1. The first-order valence-corrected chi connectivity index (χ1v) is 7.46. The van der Waals surface area contributed by atoms with E-state index in [0.29, 0.717) is 0 Å². The van der Waals surface area contributed by atoms with E-state index < -0.39 is 0 Å². The van der Waals surface area contributed by atoms with E-state index in [1.165, 1.54) is 48.1 Å². The van der Waals surface area contributed by atoms with Crippen molar-refractivity contribution in [2.45, 2.75) is 56.1 Å². The SMILES string of the molecule is CCCCC1CCc2cc(OC)c(C)cc2S1. The molecule has 0 amide bonds. The Morgan fingerprint density at radius 1 is 1.41 bits per heavy atom. The molecule has 0 saturated carbocycles. The summed E-state index contributed by atoms with van der Waals surface area (Å²) in [4.78, 5) is 1.48. The van der Waals surface area contributed by atoms with Crippen molar-refractivity contribution in [3.8, 4) is 5.75 Å². The van der Waals surface area contributed by atoms with Crippen LogP contribution in [-0.4, -0.2) is 12.4 Å². The number of hydrogen-bond donors (Lipinski definition) is 0. The monoisotopic (exact) mass is 250 g/mol. The lowest BCUT2D eigenvalue weighted by molar-refractivity contribution is 0.410. The third-order valence-electron chi connectivity index (χ3n) is 3.49. The van der Waals surface area contributed by atoms with Gasteiger partial charge in [0.2, 0.25) is 0 Å². The van der Waals surface area contributed by atoms with Crippen LogP contribution in [0.4, 0.5) is 0 Å². The number of unbranched alkanes of at least 4 members (excludes halogenated alkanes) is 1. The topological polar surface area (TPSA) is 9.23 Å². The van der Waals surface area contributed by atoms with E-state index in [2.05, 4.69) is 37.7 Å². The zero-order chi connectivity index (χ0) is 12.3. The Labute approximate surface area is 109 Å². The molecule has 2 rings (SSSR count). The first-order chi connectivity index (χ1) is 8.24. The number of ether oxygens (including phenoxy) is 1. The Morgan fingerprint density at radius 3 is 2.94 bits per heavy atom. The molecule has 1 aliphatic heterocycles. The second-order valence-corrected chi connectivity index (χ2v) is 6.19. The lowest BCUT2D eigenvalue weighted by Crippen LogP contribution is -2.11. The summed E-state index contributed by atoms with van der Waals surface area (Å²) in [5.74, 6) is 1.04. The van der Waals surface area contributed by atoms with E-state index >= 15 is 0 Å². The molecule has 0 radical (unpaired) electrons. The quantitative estimate of drug-likeness (QED) is 0.772. The highest BCUT2D eigenvalue weighted by molar-refractivity contribution is 8.00. The Balaban J connectivity index is 2.12. The van der Waals surface area contributed by atoms with Gasteiger partial charge < -0.3 is 4.74 Å². The second-order valence-electron chi connectivity index (χ2n) is 4.85. The maximum atomic E-state index is 5.39. The molecule has 0 spiro atoms. The second kappa shape index (κ2) is 5.81. The Hall–Kier alpha value is -0.630.